The van der Waals surface area contributed by atoms with Gasteiger partial charge in [0.2, 0.25) is 29.5 Å². The van der Waals surface area contributed by atoms with Gasteiger partial charge < -0.3 is 47.6 Å². The number of rotatable bonds is 15. The summed E-state index contributed by atoms with van der Waals surface area (Å²) in [7, 11) is 0. The highest BCUT2D eigenvalue weighted by Gasteiger charge is 2.46. The van der Waals surface area contributed by atoms with Gasteiger partial charge in [-0.3, -0.25) is 29.0 Å². The van der Waals surface area contributed by atoms with E-state index in [1.807, 2.05) is 13.8 Å². The molecule has 3 rings (SSSR count). The fourth-order valence-corrected chi connectivity index (χ4v) is 6.75. The molecule has 0 bridgehead atoms. The minimum Gasteiger partial charge on any atom is -0.480 e. The van der Waals surface area contributed by atoms with E-state index in [2.05, 4.69) is 15.6 Å². The van der Waals surface area contributed by atoms with E-state index in [0.717, 1.165) is 0 Å². The molecule has 3 saturated heterocycles. The predicted molar refractivity (Wildman–Crippen MR) is 178 cm³/mol. The average molecular weight is 678 g/mol. The first-order valence-electron chi connectivity index (χ1n) is 17.2. The third-order valence-corrected chi connectivity index (χ3v) is 9.38. The van der Waals surface area contributed by atoms with Crippen LogP contribution in [0.3, 0.4) is 0 Å². The number of hydrogen-bond acceptors (Lipinski definition) is 8. The van der Waals surface area contributed by atoms with Crippen molar-refractivity contribution in [2.45, 2.75) is 122 Å². The quantitative estimate of drug-likeness (QED) is 0.0708. The maximum Gasteiger partial charge on any atom is 0.326 e. The summed E-state index contributed by atoms with van der Waals surface area (Å²) in [5, 5.41) is 15.2. The lowest BCUT2D eigenvalue weighted by molar-refractivity contribution is -0.153. The molecule has 0 aromatic heterocycles. The van der Waals surface area contributed by atoms with Crippen molar-refractivity contribution in [2.24, 2.45) is 34.0 Å². The number of carbonyl (C=O) groups excluding carboxylic acids is 5. The number of nitrogens with zero attached hydrogens (tertiary/aromatic N) is 4. The summed E-state index contributed by atoms with van der Waals surface area (Å²) in [5.74, 6) is -3.49. The molecule has 3 aliphatic rings. The molecule has 0 saturated carbocycles. The molecular weight excluding hydrogens is 622 g/mol. The smallest absolute Gasteiger partial charge is 0.326 e. The fourth-order valence-electron chi connectivity index (χ4n) is 6.75. The standard InChI is InChI=1S/C32H55N9O7/c1-18(2)17-21(38-26(42)20(9-5-13-36-32(34)35)37-27(43)25(33)19(3)4)28(44)39-14-6-10-22(39)29(45)40-15-7-11-23(40)30(46)41-16-8-12-24(41)31(47)48/h18-25H,5-17,33H2,1-4H3,(H,37,43)(H,38,42)(H,47,48)(H4,34,35,36)/t20-,21-,22-,23-,24-,25-/m0/s1. The second kappa shape index (κ2) is 17.4. The second-order valence-corrected chi connectivity index (χ2v) is 13.9. The maximum absolute atomic E-state index is 14.1. The first kappa shape index (κ1) is 38.5. The van der Waals surface area contributed by atoms with Crippen LogP contribution in [0.15, 0.2) is 4.99 Å². The van der Waals surface area contributed by atoms with E-state index in [-0.39, 0.29) is 42.6 Å². The van der Waals surface area contributed by atoms with Crippen LogP contribution >= 0.6 is 0 Å². The van der Waals surface area contributed by atoms with E-state index < -0.39 is 59.9 Å². The van der Waals surface area contributed by atoms with Gasteiger partial charge in [-0.1, -0.05) is 27.7 Å². The molecule has 0 aromatic rings. The van der Waals surface area contributed by atoms with E-state index in [0.29, 0.717) is 71.0 Å². The van der Waals surface area contributed by atoms with Crippen LogP contribution in [0.4, 0.5) is 0 Å². The van der Waals surface area contributed by atoms with E-state index in [9.17, 15) is 33.9 Å². The fraction of sp³-hybridized carbons (Fsp3) is 0.781. The molecule has 16 nitrogen and oxygen atoms in total. The normalized spacial score (nSPS) is 22.8. The molecule has 0 unspecified atom stereocenters. The number of carboxylic acid groups (broad SMARTS) is 1. The minimum atomic E-state index is -1.05. The van der Waals surface area contributed by atoms with Crippen molar-refractivity contribution in [3.63, 3.8) is 0 Å². The van der Waals surface area contributed by atoms with Crippen LogP contribution in [0.2, 0.25) is 0 Å². The lowest BCUT2D eigenvalue weighted by atomic mass is 10.00. The van der Waals surface area contributed by atoms with Gasteiger partial charge in [0.25, 0.3) is 0 Å². The van der Waals surface area contributed by atoms with Crippen molar-refractivity contribution >= 4 is 41.5 Å². The third kappa shape index (κ3) is 9.80. The molecule has 3 aliphatic heterocycles. The zero-order valence-corrected chi connectivity index (χ0v) is 28.7. The number of nitrogens with two attached hydrogens (primary N) is 3. The van der Waals surface area contributed by atoms with Gasteiger partial charge in [0.15, 0.2) is 5.96 Å². The molecule has 16 heteroatoms. The molecular formula is C32H55N9O7. The predicted octanol–water partition coefficient (Wildman–Crippen LogP) is -0.903. The molecule has 0 aliphatic carbocycles. The van der Waals surface area contributed by atoms with Gasteiger partial charge in [-0.05, 0) is 69.6 Å². The summed E-state index contributed by atoms with van der Waals surface area (Å²) < 4.78 is 0. The first-order valence-corrected chi connectivity index (χ1v) is 17.2. The van der Waals surface area contributed by atoms with Crippen LogP contribution in [0.25, 0.3) is 0 Å². The van der Waals surface area contributed by atoms with Gasteiger partial charge in [-0.2, -0.15) is 0 Å². The van der Waals surface area contributed by atoms with Crippen molar-refractivity contribution in [2.75, 3.05) is 26.2 Å². The minimum absolute atomic E-state index is 0.00324. The SMILES string of the molecule is CC(C)C[C@H](NC(=O)[C@H](CCCN=C(N)N)NC(=O)[C@@H](N)C(C)C)C(=O)N1CCC[C@H]1C(=O)N1CCC[C@H]1C(=O)N1CCC[C@H]1C(=O)O. The lowest BCUT2D eigenvalue weighted by Gasteiger charge is -2.35. The molecule has 0 radical (unpaired) electrons. The number of carboxylic acids is 1. The molecule has 48 heavy (non-hydrogen) atoms. The maximum atomic E-state index is 14.1. The van der Waals surface area contributed by atoms with Gasteiger partial charge in [0.1, 0.15) is 30.2 Å². The van der Waals surface area contributed by atoms with Crippen LogP contribution < -0.4 is 27.8 Å². The van der Waals surface area contributed by atoms with Crippen molar-refractivity contribution < 1.29 is 33.9 Å². The van der Waals surface area contributed by atoms with Gasteiger partial charge in [-0.15, -0.1) is 0 Å². The van der Waals surface area contributed by atoms with Crippen molar-refractivity contribution in [3.8, 4) is 0 Å². The summed E-state index contributed by atoms with van der Waals surface area (Å²) in [6, 6.07) is -5.32. The molecule has 0 spiro atoms. The van der Waals surface area contributed by atoms with E-state index in [1.165, 1.54) is 14.7 Å². The number of amides is 5. The Labute approximate surface area is 282 Å². The van der Waals surface area contributed by atoms with Gasteiger partial charge in [0, 0.05) is 26.2 Å². The van der Waals surface area contributed by atoms with E-state index >= 15 is 0 Å². The Balaban J connectivity index is 1.77. The molecule has 3 fully saturated rings. The number of aliphatic imine (C=N–C) groups is 1. The summed E-state index contributed by atoms with van der Waals surface area (Å²) >= 11 is 0. The highest BCUT2D eigenvalue weighted by molar-refractivity contribution is 5.97. The topological polar surface area (TPSA) is 247 Å². The van der Waals surface area contributed by atoms with Gasteiger partial charge in [-0.25, -0.2) is 4.79 Å². The molecule has 9 N–H and O–H groups in total. The van der Waals surface area contributed by atoms with Gasteiger partial charge >= 0.3 is 5.97 Å². The van der Waals surface area contributed by atoms with Crippen LogP contribution in [0.1, 0.15) is 85.5 Å². The summed E-state index contributed by atoms with van der Waals surface area (Å²) in [4.78, 5) is 88.2. The Morgan fingerprint density at radius 3 is 1.79 bits per heavy atom. The Morgan fingerprint density at radius 2 is 1.27 bits per heavy atom. The van der Waals surface area contributed by atoms with E-state index in [1.54, 1.807) is 13.8 Å². The zero-order valence-electron chi connectivity index (χ0n) is 28.7. The second-order valence-electron chi connectivity index (χ2n) is 13.9. The van der Waals surface area contributed by atoms with Crippen LogP contribution in [0, 0.1) is 11.8 Å². The lowest BCUT2D eigenvalue weighted by Crippen LogP contribution is -2.59. The number of nitrogens with one attached hydrogen (secondary N) is 2. The summed E-state index contributed by atoms with van der Waals surface area (Å²) in [6.07, 6.45) is 3.81. The van der Waals surface area contributed by atoms with Crippen molar-refractivity contribution in [3.05, 3.63) is 0 Å². The highest BCUT2D eigenvalue weighted by atomic mass is 16.4. The Hall–Kier alpha value is -3.95. The molecule has 270 valence electrons. The molecule has 0 aromatic carbocycles. The third-order valence-electron chi connectivity index (χ3n) is 9.38. The Kier molecular flexibility index (Phi) is 14.0. The number of carbonyl (C=O) groups is 6. The van der Waals surface area contributed by atoms with Crippen molar-refractivity contribution in [1.82, 2.24) is 25.3 Å². The Morgan fingerprint density at radius 1 is 0.771 bits per heavy atom. The zero-order chi connectivity index (χ0) is 35.7. The monoisotopic (exact) mass is 677 g/mol. The summed E-state index contributed by atoms with van der Waals surface area (Å²) in [6.45, 7) is 8.63. The number of likely N-dealkylation sites (tertiary alicyclic amines) is 3. The highest BCUT2D eigenvalue weighted by Crippen LogP contribution is 2.29. The van der Waals surface area contributed by atoms with E-state index in [4.69, 9.17) is 17.2 Å². The van der Waals surface area contributed by atoms with Crippen LogP contribution in [-0.2, 0) is 28.8 Å². The Bertz CT molecular complexity index is 1220. The average Bonchev–Trinajstić information content (AvgIpc) is 3.81. The number of aliphatic carboxylic acids is 1. The van der Waals surface area contributed by atoms with Crippen LogP contribution in [-0.4, -0.2) is 124 Å². The molecule has 6 atom stereocenters. The van der Waals surface area contributed by atoms with Crippen LogP contribution in [0.5, 0.6) is 0 Å². The number of guanidine groups is 1. The largest absolute Gasteiger partial charge is 0.480 e. The molecule has 5 amide bonds. The van der Waals surface area contributed by atoms with Crippen molar-refractivity contribution in [1.29, 1.82) is 0 Å². The molecule has 3 heterocycles. The van der Waals surface area contributed by atoms with Gasteiger partial charge in [0.05, 0.1) is 6.04 Å². The first-order chi connectivity index (χ1) is 22.6. The number of hydrogen-bond donors (Lipinski definition) is 6. The summed E-state index contributed by atoms with van der Waals surface area (Å²) in [5.41, 5.74) is 16.9.